The molecule has 0 unspecified atom stereocenters. The molecule has 6 nitrogen and oxygen atoms in total. The third-order valence-corrected chi connectivity index (χ3v) is 6.65. The minimum Gasteiger partial charge on any atom is -0.512 e. The molecule has 0 saturated carbocycles. The normalized spacial score (nSPS) is 27.0. The molecule has 0 aromatic carbocycles. The summed E-state index contributed by atoms with van der Waals surface area (Å²) in [7, 11) is 0. The molecule has 2 aliphatic carbocycles. The molecular formula is C25H38O6. The highest BCUT2D eigenvalue weighted by molar-refractivity contribution is 6.03. The fourth-order valence-corrected chi connectivity index (χ4v) is 5.22. The number of ketones is 2. The topological polar surface area (TPSA) is 93.1 Å². The molecule has 0 spiro atoms. The Morgan fingerprint density at radius 3 is 1.94 bits per heavy atom. The lowest BCUT2D eigenvalue weighted by Crippen LogP contribution is -2.33. The molecular weight excluding hydrogens is 396 g/mol. The highest BCUT2D eigenvalue weighted by atomic mass is 16.7. The number of Topliss-reactive ketones (excluding diaryl/α,β-unsaturated/α-hetero) is 2. The first-order chi connectivity index (χ1) is 14.7. The smallest absolute Gasteiger partial charge is 0.163 e. The fourth-order valence-electron chi connectivity index (χ4n) is 5.22. The maximum absolute atomic E-state index is 12.8. The van der Waals surface area contributed by atoms with Gasteiger partial charge in [0.25, 0.3) is 0 Å². The van der Waals surface area contributed by atoms with Crippen molar-refractivity contribution in [2.24, 2.45) is 5.92 Å². The molecule has 31 heavy (non-hydrogen) atoms. The number of carbonyl (C=O) groups is 2. The molecule has 3 rings (SSSR count). The number of hydrogen-bond donors (Lipinski definition) is 2. The van der Waals surface area contributed by atoms with Crippen molar-refractivity contribution in [3.05, 3.63) is 22.7 Å². The Labute approximate surface area is 185 Å². The molecule has 0 bridgehead atoms. The Morgan fingerprint density at radius 1 is 0.871 bits per heavy atom. The van der Waals surface area contributed by atoms with E-state index in [9.17, 15) is 19.8 Å². The average molecular weight is 435 g/mol. The van der Waals surface area contributed by atoms with Crippen LogP contribution in [0.2, 0.25) is 0 Å². The van der Waals surface area contributed by atoms with Crippen LogP contribution >= 0.6 is 0 Å². The van der Waals surface area contributed by atoms with Gasteiger partial charge in [-0.2, -0.15) is 0 Å². The molecule has 1 fully saturated rings. The Bertz CT molecular complexity index is 705. The molecule has 3 aliphatic rings. The number of hydrogen-bond acceptors (Lipinski definition) is 6. The third-order valence-electron chi connectivity index (χ3n) is 6.65. The summed E-state index contributed by atoms with van der Waals surface area (Å²) < 4.78 is 12.4. The minimum absolute atomic E-state index is 0.0533. The van der Waals surface area contributed by atoms with Crippen molar-refractivity contribution in [3.8, 4) is 0 Å². The molecule has 0 aromatic rings. The maximum Gasteiger partial charge on any atom is 0.163 e. The van der Waals surface area contributed by atoms with E-state index in [1.54, 1.807) is 0 Å². The van der Waals surface area contributed by atoms with Gasteiger partial charge in [-0.15, -0.1) is 0 Å². The van der Waals surface area contributed by atoms with Gasteiger partial charge in [0, 0.05) is 42.7 Å². The Kier molecular flexibility index (Phi) is 7.98. The summed E-state index contributed by atoms with van der Waals surface area (Å²) in [5.41, 5.74) is 0.585. The zero-order chi connectivity index (χ0) is 22.6. The lowest BCUT2D eigenvalue weighted by molar-refractivity contribution is -0.147. The van der Waals surface area contributed by atoms with Crippen LogP contribution in [-0.2, 0) is 19.1 Å². The van der Waals surface area contributed by atoms with Crippen molar-refractivity contribution < 1.29 is 29.3 Å². The Morgan fingerprint density at radius 2 is 1.42 bits per heavy atom. The zero-order valence-electron chi connectivity index (χ0n) is 19.2. The number of allylic oxidation sites excluding steroid dienone is 4. The summed E-state index contributed by atoms with van der Waals surface area (Å²) in [5, 5.41) is 21.3. The number of unbranched alkanes of at least 4 members (excludes halogenated alkanes) is 3. The molecule has 6 heteroatoms. The first-order valence-electron chi connectivity index (χ1n) is 12.0. The molecule has 0 amide bonds. The zero-order valence-corrected chi connectivity index (χ0v) is 19.2. The molecule has 1 saturated heterocycles. The van der Waals surface area contributed by atoms with Gasteiger partial charge < -0.3 is 19.7 Å². The maximum atomic E-state index is 12.8. The van der Waals surface area contributed by atoms with Crippen LogP contribution in [0.5, 0.6) is 0 Å². The second kappa shape index (κ2) is 10.3. The molecule has 0 aromatic heterocycles. The molecule has 0 radical (unpaired) electrons. The number of rotatable bonds is 9. The predicted octanol–water partition coefficient (Wildman–Crippen LogP) is 5.61. The van der Waals surface area contributed by atoms with Crippen LogP contribution in [0.25, 0.3) is 0 Å². The second-order valence-corrected chi connectivity index (χ2v) is 9.62. The van der Waals surface area contributed by atoms with Gasteiger partial charge in [0.15, 0.2) is 17.4 Å². The van der Waals surface area contributed by atoms with Crippen molar-refractivity contribution in [2.75, 3.05) is 0 Å². The summed E-state index contributed by atoms with van der Waals surface area (Å²) >= 11 is 0. The fraction of sp³-hybridized carbons (Fsp3) is 0.760. The predicted molar refractivity (Wildman–Crippen MR) is 118 cm³/mol. The van der Waals surface area contributed by atoms with Gasteiger partial charge in [-0.25, -0.2) is 0 Å². The van der Waals surface area contributed by atoms with E-state index in [2.05, 4.69) is 6.92 Å². The largest absolute Gasteiger partial charge is 0.512 e. The molecule has 2 N–H and O–H groups in total. The quantitative estimate of drug-likeness (QED) is 0.458. The molecule has 1 heterocycles. The summed E-state index contributed by atoms with van der Waals surface area (Å²) in [5.74, 6) is -1.56. The molecule has 2 atom stereocenters. The molecule has 1 aliphatic heterocycles. The summed E-state index contributed by atoms with van der Waals surface area (Å²) in [4.78, 5) is 25.6. The van der Waals surface area contributed by atoms with Gasteiger partial charge in [-0.3, -0.25) is 9.59 Å². The first kappa shape index (κ1) is 24.0. The van der Waals surface area contributed by atoms with Crippen LogP contribution in [0.4, 0.5) is 0 Å². The van der Waals surface area contributed by atoms with Crippen molar-refractivity contribution >= 4 is 11.6 Å². The lowest BCUT2D eigenvalue weighted by Gasteiger charge is -2.30. The van der Waals surface area contributed by atoms with E-state index in [0.29, 0.717) is 56.1 Å². The SMILES string of the molecule is CCCCCC[C@@H]1OC(C)(C)O[C@H]1CC(C1=C(O)CCCC1=O)C1=C(O)CCCC1=O. The standard InChI is InChI=1S/C25H38O6/c1-4-5-6-7-14-21-22(31-25(2,3)30-21)15-16(23-17(26)10-8-11-18(23)27)24-19(28)12-9-13-20(24)29/h16,21-22,26,28H,4-15H2,1-3H3/t21-,22-/m0/s1. The number of aliphatic hydroxyl groups is 2. The summed E-state index contributed by atoms with van der Waals surface area (Å²) in [6.45, 7) is 5.94. The van der Waals surface area contributed by atoms with Crippen LogP contribution in [-0.4, -0.2) is 39.8 Å². The van der Waals surface area contributed by atoms with Gasteiger partial charge >= 0.3 is 0 Å². The van der Waals surface area contributed by atoms with Crippen molar-refractivity contribution in [1.82, 2.24) is 0 Å². The van der Waals surface area contributed by atoms with Crippen LogP contribution < -0.4 is 0 Å². The van der Waals surface area contributed by atoms with E-state index in [4.69, 9.17) is 9.47 Å². The second-order valence-electron chi connectivity index (χ2n) is 9.62. The van der Waals surface area contributed by atoms with Gasteiger partial charge in [0.2, 0.25) is 0 Å². The molecule has 174 valence electrons. The lowest BCUT2D eigenvalue weighted by atomic mass is 9.75. The minimum atomic E-state index is -0.745. The van der Waals surface area contributed by atoms with E-state index in [1.165, 1.54) is 6.42 Å². The number of aliphatic hydroxyl groups excluding tert-OH is 2. The highest BCUT2D eigenvalue weighted by Crippen LogP contribution is 2.42. The van der Waals surface area contributed by atoms with Gasteiger partial charge in [0.05, 0.1) is 23.7 Å². The van der Waals surface area contributed by atoms with Crippen LogP contribution in [0.15, 0.2) is 22.7 Å². The number of ether oxygens (including phenoxy) is 2. The Hall–Kier alpha value is -1.66. The van der Waals surface area contributed by atoms with Crippen molar-refractivity contribution in [1.29, 1.82) is 0 Å². The highest BCUT2D eigenvalue weighted by Gasteiger charge is 2.45. The van der Waals surface area contributed by atoms with E-state index >= 15 is 0 Å². The van der Waals surface area contributed by atoms with E-state index in [-0.39, 0.29) is 35.3 Å². The first-order valence-corrected chi connectivity index (χ1v) is 12.0. The Balaban J connectivity index is 1.90. The van der Waals surface area contributed by atoms with Gasteiger partial charge in [0.1, 0.15) is 0 Å². The van der Waals surface area contributed by atoms with Crippen molar-refractivity contribution in [3.63, 3.8) is 0 Å². The van der Waals surface area contributed by atoms with Gasteiger partial charge in [-0.05, 0) is 39.5 Å². The van der Waals surface area contributed by atoms with Crippen LogP contribution in [0.1, 0.15) is 97.8 Å². The van der Waals surface area contributed by atoms with E-state index in [0.717, 1.165) is 25.7 Å². The monoisotopic (exact) mass is 434 g/mol. The summed E-state index contributed by atoms with van der Waals surface area (Å²) in [6, 6.07) is 0. The van der Waals surface area contributed by atoms with Crippen LogP contribution in [0, 0.1) is 5.92 Å². The average Bonchev–Trinajstić information content (AvgIpc) is 2.98. The van der Waals surface area contributed by atoms with Crippen molar-refractivity contribution in [2.45, 2.75) is 116 Å². The third kappa shape index (κ3) is 5.78. The van der Waals surface area contributed by atoms with Crippen LogP contribution in [0.3, 0.4) is 0 Å². The van der Waals surface area contributed by atoms with E-state index < -0.39 is 11.7 Å². The number of carbonyl (C=O) groups excluding carboxylic acids is 2. The van der Waals surface area contributed by atoms with Gasteiger partial charge in [-0.1, -0.05) is 32.6 Å². The summed E-state index contributed by atoms with van der Waals surface area (Å²) in [6.07, 6.45) is 7.99. The van der Waals surface area contributed by atoms with E-state index in [1.807, 2.05) is 13.8 Å².